The molecule has 1 aromatic carbocycles. The molecule has 0 aliphatic carbocycles. The van der Waals surface area contributed by atoms with E-state index in [-0.39, 0.29) is 5.78 Å². The highest BCUT2D eigenvalue weighted by molar-refractivity contribution is 6.68. The van der Waals surface area contributed by atoms with Crippen LogP contribution in [0.4, 0.5) is 0 Å². The predicted molar refractivity (Wildman–Crippen MR) is 68.0 cm³/mol. The van der Waals surface area contributed by atoms with Gasteiger partial charge in [-0.25, -0.2) is 0 Å². The Morgan fingerprint density at radius 1 is 1.24 bits per heavy atom. The summed E-state index contributed by atoms with van der Waals surface area (Å²) in [5, 5.41) is -0.599. The van der Waals surface area contributed by atoms with Gasteiger partial charge in [0.25, 0.3) is 5.24 Å². The molecule has 0 aliphatic rings. The van der Waals surface area contributed by atoms with E-state index in [0.29, 0.717) is 11.1 Å². The largest absolute Gasteiger partial charge is 0.318 e. The molecule has 0 fully saturated rings. The van der Waals surface area contributed by atoms with Gasteiger partial charge >= 0.3 is 0 Å². The summed E-state index contributed by atoms with van der Waals surface area (Å²) in [5.41, 5.74) is 6.12. The molecular formula is C13H16ClNO2. The van der Waals surface area contributed by atoms with Crippen molar-refractivity contribution in [1.82, 2.24) is 0 Å². The zero-order valence-corrected chi connectivity index (χ0v) is 10.9. The van der Waals surface area contributed by atoms with Gasteiger partial charge in [-0.3, -0.25) is 9.59 Å². The molecule has 17 heavy (non-hydrogen) atoms. The molecule has 1 atom stereocenters. The summed E-state index contributed by atoms with van der Waals surface area (Å²) in [6.07, 6.45) is 0. The minimum atomic E-state index is -0.825. The molecular weight excluding hydrogens is 238 g/mol. The second-order valence-corrected chi connectivity index (χ2v) is 5.30. The van der Waals surface area contributed by atoms with Crippen molar-refractivity contribution in [3.8, 4) is 0 Å². The number of hydrogen-bond acceptors (Lipinski definition) is 3. The van der Waals surface area contributed by atoms with Crippen LogP contribution in [0.3, 0.4) is 0 Å². The highest BCUT2D eigenvalue weighted by Crippen LogP contribution is 2.26. The van der Waals surface area contributed by atoms with E-state index in [1.807, 2.05) is 0 Å². The molecule has 1 rings (SSSR count). The molecule has 2 N–H and O–H groups in total. The number of carbonyl (C=O) groups excluding carboxylic acids is 2. The van der Waals surface area contributed by atoms with Crippen molar-refractivity contribution in [3.05, 3.63) is 35.4 Å². The topological polar surface area (TPSA) is 60.2 Å². The zero-order valence-electron chi connectivity index (χ0n) is 10.2. The SMILES string of the molecule is CC(C)(C)C(=O)C(N)c1ccccc1C(=O)Cl. The van der Waals surface area contributed by atoms with Crippen molar-refractivity contribution in [3.63, 3.8) is 0 Å². The number of benzene rings is 1. The fourth-order valence-electron chi connectivity index (χ4n) is 1.55. The highest BCUT2D eigenvalue weighted by Gasteiger charge is 2.29. The first-order chi connectivity index (χ1) is 7.75. The van der Waals surface area contributed by atoms with Crippen LogP contribution in [-0.4, -0.2) is 11.0 Å². The number of carbonyl (C=O) groups is 2. The van der Waals surface area contributed by atoms with Crippen LogP contribution in [0.2, 0.25) is 0 Å². The Morgan fingerprint density at radius 3 is 2.24 bits per heavy atom. The van der Waals surface area contributed by atoms with Gasteiger partial charge in [-0.05, 0) is 23.2 Å². The smallest absolute Gasteiger partial charge is 0.252 e. The minimum absolute atomic E-state index is 0.122. The summed E-state index contributed by atoms with van der Waals surface area (Å²) < 4.78 is 0. The van der Waals surface area contributed by atoms with E-state index in [1.54, 1.807) is 45.0 Å². The second kappa shape index (κ2) is 4.98. The molecule has 0 amide bonds. The van der Waals surface area contributed by atoms with Crippen LogP contribution < -0.4 is 5.73 Å². The van der Waals surface area contributed by atoms with Crippen molar-refractivity contribution < 1.29 is 9.59 Å². The number of halogens is 1. The van der Waals surface area contributed by atoms with Gasteiger partial charge in [0.05, 0.1) is 6.04 Å². The van der Waals surface area contributed by atoms with Gasteiger partial charge in [0.15, 0.2) is 5.78 Å². The lowest BCUT2D eigenvalue weighted by Gasteiger charge is -2.22. The number of ketones is 1. The zero-order chi connectivity index (χ0) is 13.2. The molecule has 0 aliphatic heterocycles. The summed E-state index contributed by atoms with van der Waals surface area (Å²) in [5.74, 6) is -0.122. The van der Waals surface area contributed by atoms with E-state index >= 15 is 0 Å². The Balaban J connectivity index is 3.17. The van der Waals surface area contributed by atoms with E-state index in [4.69, 9.17) is 17.3 Å². The minimum Gasteiger partial charge on any atom is -0.318 e. The fourth-order valence-corrected chi connectivity index (χ4v) is 1.73. The van der Waals surface area contributed by atoms with Gasteiger partial charge in [-0.2, -0.15) is 0 Å². The quantitative estimate of drug-likeness (QED) is 0.843. The molecule has 92 valence electrons. The molecule has 0 bridgehead atoms. The first-order valence-corrected chi connectivity index (χ1v) is 5.71. The maximum atomic E-state index is 12.1. The Morgan fingerprint density at radius 2 is 1.76 bits per heavy atom. The summed E-state index contributed by atoms with van der Waals surface area (Å²) >= 11 is 5.47. The first kappa shape index (κ1) is 13.9. The molecule has 0 heterocycles. The van der Waals surface area contributed by atoms with Gasteiger partial charge in [-0.1, -0.05) is 39.0 Å². The molecule has 0 aromatic heterocycles. The van der Waals surface area contributed by atoms with Gasteiger partial charge in [-0.15, -0.1) is 0 Å². The Hall–Kier alpha value is -1.19. The molecule has 4 heteroatoms. The van der Waals surface area contributed by atoms with Crippen molar-refractivity contribution >= 4 is 22.6 Å². The summed E-state index contributed by atoms with van der Waals surface area (Å²) in [6.45, 7) is 5.38. The van der Waals surface area contributed by atoms with Crippen LogP contribution >= 0.6 is 11.6 Å². The molecule has 0 saturated heterocycles. The van der Waals surface area contributed by atoms with Gasteiger partial charge in [0, 0.05) is 11.0 Å². The third-order valence-corrected chi connectivity index (χ3v) is 2.73. The summed E-state index contributed by atoms with van der Waals surface area (Å²) in [7, 11) is 0. The second-order valence-electron chi connectivity index (χ2n) is 4.95. The van der Waals surface area contributed by atoms with E-state index < -0.39 is 16.7 Å². The Bertz CT molecular complexity index is 449. The van der Waals surface area contributed by atoms with E-state index in [1.165, 1.54) is 0 Å². The number of hydrogen-bond donors (Lipinski definition) is 1. The van der Waals surface area contributed by atoms with Crippen LogP contribution in [0.1, 0.15) is 42.7 Å². The van der Waals surface area contributed by atoms with Crippen molar-refractivity contribution in [2.24, 2.45) is 11.1 Å². The average molecular weight is 254 g/mol. The summed E-state index contributed by atoms with van der Waals surface area (Å²) in [4.78, 5) is 23.3. The lowest BCUT2D eigenvalue weighted by atomic mass is 9.83. The van der Waals surface area contributed by atoms with Crippen LogP contribution in [0, 0.1) is 5.41 Å². The van der Waals surface area contributed by atoms with Crippen molar-refractivity contribution in [2.45, 2.75) is 26.8 Å². The lowest BCUT2D eigenvalue weighted by molar-refractivity contribution is -0.127. The number of nitrogens with two attached hydrogens (primary N) is 1. The van der Waals surface area contributed by atoms with Crippen molar-refractivity contribution in [2.75, 3.05) is 0 Å². The van der Waals surface area contributed by atoms with E-state index in [9.17, 15) is 9.59 Å². The molecule has 3 nitrogen and oxygen atoms in total. The summed E-state index contributed by atoms with van der Waals surface area (Å²) in [6, 6.07) is 5.82. The molecule has 0 radical (unpaired) electrons. The highest BCUT2D eigenvalue weighted by atomic mass is 35.5. The number of Topliss-reactive ketones (excluding diaryl/α,β-unsaturated/α-hetero) is 1. The number of rotatable bonds is 3. The standard InChI is InChI=1S/C13H16ClNO2/c1-13(2,3)11(16)10(15)8-6-4-5-7-9(8)12(14)17/h4-7,10H,15H2,1-3H3. The van der Waals surface area contributed by atoms with Crippen LogP contribution in [0.5, 0.6) is 0 Å². The molecule has 0 spiro atoms. The predicted octanol–water partition coefficient (Wildman–Crippen LogP) is 2.68. The molecule has 0 saturated carbocycles. The van der Waals surface area contributed by atoms with Gasteiger partial charge in [0.1, 0.15) is 0 Å². The molecule has 1 aromatic rings. The van der Waals surface area contributed by atoms with Crippen LogP contribution in [-0.2, 0) is 4.79 Å². The lowest BCUT2D eigenvalue weighted by Crippen LogP contribution is -2.32. The van der Waals surface area contributed by atoms with Gasteiger partial charge in [0.2, 0.25) is 0 Å². The Labute approximate surface area is 106 Å². The monoisotopic (exact) mass is 253 g/mol. The first-order valence-electron chi connectivity index (χ1n) is 5.34. The van der Waals surface area contributed by atoms with E-state index in [0.717, 1.165) is 0 Å². The third-order valence-electron chi connectivity index (χ3n) is 2.53. The average Bonchev–Trinajstić information content (AvgIpc) is 2.25. The fraction of sp³-hybridized carbons (Fsp3) is 0.385. The van der Waals surface area contributed by atoms with Crippen LogP contribution in [0.15, 0.2) is 24.3 Å². The van der Waals surface area contributed by atoms with Crippen molar-refractivity contribution in [1.29, 1.82) is 0 Å². The third kappa shape index (κ3) is 3.14. The maximum Gasteiger partial charge on any atom is 0.252 e. The van der Waals surface area contributed by atoms with Gasteiger partial charge < -0.3 is 5.73 Å². The normalized spacial score (nSPS) is 13.2. The van der Waals surface area contributed by atoms with E-state index in [2.05, 4.69) is 0 Å². The maximum absolute atomic E-state index is 12.1. The van der Waals surface area contributed by atoms with Crippen LogP contribution in [0.25, 0.3) is 0 Å². The molecule has 1 unspecified atom stereocenters. The Kier molecular flexibility index (Phi) is 4.07.